The van der Waals surface area contributed by atoms with E-state index in [-0.39, 0.29) is 11.1 Å². The lowest BCUT2D eigenvalue weighted by Gasteiger charge is -2.60. The van der Waals surface area contributed by atoms with E-state index < -0.39 is 0 Å². The molecular weight excluding hydrogens is 200 g/mol. The topological polar surface area (TPSA) is 38.0 Å². The molecule has 0 aromatic carbocycles. The van der Waals surface area contributed by atoms with E-state index in [4.69, 9.17) is 0 Å². The summed E-state index contributed by atoms with van der Waals surface area (Å²) >= 11 is 0. The van der Waals surface area contributed by atoms with Gasteiger partial charge in [-0.3, -0.25) is 4.68 Å². The highest BCUT2D eigenvalue weighted by molar-refractivity contribution is 5.11. The summed E-state index contributed by atoms with van der Waals surface area (Å²) in [7, 11) is 0. The lowest BCUT2D eigenvalue weighted by atomic mass is 9.51. The summed E-state index contributed by atoms with van der Waals surface area (Å²) in [6.07, 6.45) is 10.7. The number of hydrogen-bond donors (Lipinski definition) is 1. The van der Waals surface area contributed by atoms with Crippen LogP contribution in [0.5, 0.6) is 0 Å². The first-order valence-electron chi connectivity index (χ1n) is 6.40. The molecular formula is C13H18N2O. The van der Waals surface area contributed by atoms with Gasteiger partial charge in [-0.05, 0) is 50.0 Å². The third kappa shape index (κ3) is 1.10. The standard InChI is InChI=1S/C13H18N2O/c16-13-7-10-4-11(8-13)6-12(5-10,9-13)15-3-1-2-14-15/h1-3,10-11,16H,4-9H2. The van der Waals surface area contributed by atoms with E-state index in [0.717, 1.165) is 31.1 Å². The first kappa shape index (κ1) is 9.23. The Morgan fingerprint density at radius 1 is 1.19 bits per heavy atom. The predicted octanol–water partition coefficient (Wildman–Crippen LogP) is 1.92. The molecule has 4 fully saturated rings. The van der Waals surface area contributed by atoms with Crippen LogP contribution < -0.4 is 0 Å². The van der Waals surface area contributed by atoms with Crippen molar-refractivity contribution in [3.63, 3.8) is 0 Å². The van der Waals surface area contributed by atoms with E-state index in [0.29, 0.717) is 0 Å². The average molecular weight is 218 g/mol. The molecule has 4 aliphatic carbocycles. The van der Waals surface area contributed by atoms with Gasteiger partial charge in [0.15, 0.2) is 0 Å². The molecule has 4 saturated carbocycles. The van der Waals surface area contributed by atoms with Crippen LogP contribution in [0.3, 0.4) is 0 Å². The molecule has 0 radical (unpaired) electrons. The second-order valence-electron chi connectivity index (χ2n) is 6.36. The summed E-state index contributed by atoms with van der Waals surface area (Å²) in [5, 5.41) is 15.1. The van der Waals surface area contributed by atoms with E-state index >= 15 is 0 Å². The van der Waals surface area contributed by atoms with Gasteiger partial charge in [-0.1, -0.05) is 0 Å². The van der Waals surface area contributed by atoms with Crippen molar-refractivity contribution >= 4 is 0 Å². The monoisotopic (exact) mass is 218 g/mol. The molecule has 1 N–H and O–H groups in total. The number of nitrogens with zero attached hydrogens (tertiary/aromatic N) is 2. The van der Waals surface area contributed by atoms with E-state index in [1.807, 2.05) is 12.3 Å². The van der Waals surface area contributed by atoms with Crippen molar-refractivity contribution in [3.05, 3.63) is 18.5 Å². The zero-order chi connectivity index (χ0) is 10.8. The van der Waals surface area contributed by atoms with Gasteiger partial charge in [-0.2, -0.15) is 5.10 Å². The Labute approximate surface area is 95.5 Å². The van der Waals surface area contributed by atoms with Crippen LogP contribution in [-0.2, 0) is 5.54 Å². The van der Waals surface area contributed by atoms with Crippen LogP contribution in [0.2, 0.25) is 0 Å². The lowest BCUT2D eigenvalue weighted by Crippen LogP contribution is -2.59. The van der Waals surface area contributed by atoms with Crippen LogP contribution in [-0.4, -0.2) is 20.5 Å². The van der Waals surface area contributed by atoms with Crippen molar-refractivity contribution in [2.24, 2.45) is 11.8 Å². The van der Waals surface area contributed by atoms with Crippen molar-refractivity contribution in [1.29, 1.82) is 0 Å². The molecule has 1 aromatic heterocycles. The number of aromatic nitrogens is 2. The minimum absolute atomic E-state index is 0.141. The van der Waals surface area contributed by atoms with E-state index in [1.54, 1.807) is 0 Å². The zero-order valence-corrected chi connectivity index (χ0v) is 9.47. The van der Waals surface area contributed by atoms with Crippen molar-refractivity contribution in [3.8, 4) is 0 Å². The molecule has 2 unspecified atom stereocenters. The molecule has 3 heteroatoms. The van der Waals surface area contributed by atoms with Crippen molar-refractivity contribution in [1.82, 2.24) is 9.78 Å². The van der Waals surface area contributed by atoms with E-state index in [1.165, 1.54) is 19.3 Å². The number of aliphatic hydroxyl groups is 1. The van der Waals surface area contributed by atoms with Gasteiger partial charge in [-0.25, -0.2) is 0 Å². The van der Waals surface area contributed by atoms with Gasteiger partial charge in [0.25, 0.3) is 0 Å². The van der Waals surface area contributed by atoms with Gasteiger partial charge in [0.05, 0.1) is 11.1 Å². The highest BCUT2D eigenvalue weighted by Gasteiger charge is 2.58. The second kappa shape index (κ2) is 2.70. The third-order valence-corrected chi connectivity index (χ3v) is 4.99. The van der Waals surface area contributed by atoms with Gasteiger partial charge >= 0.3 is 0 Å². The Bertz CT molecular complexity index is 398. The quantitative estimate of drug-likeness (QED) is 0.782. The van der Waals surface area contributed by atoms with E-state index in [9.17, 15) is 5.11 Å². The summed E-state index contributed by atoms with van der Waals surface area (Å²) in [4.78, 5) is 0. The number of hydrogen-bond acceptors (Lipinski definition) is 2. The highest BCUT2D eigenvalue weighted by Crippen LogP contribution is 2.60. The van der Waals surface area contributed by atoms with Crippen LogP contribution in [0.15, 0.2) is 18.5 Å². The zero-order valence-electron chi connectivity index (χ0n) is 9.47. The normalized spacial score (nSPS) is 49.8. The molecule has 0 amide bonds. The largest absolute Gasteiger partial charge is 0.390 e. The van der Waals surface area contributed by atoms with Crippen LogP contribution in [0.4, 0.5) is 0 Å². The minimum atomic E-state index is -0.379. The number of rotatable bonds is 1. The summed E-state index contributed by atoms with van der Waals surface area (Å²) in [6, 6.07) is 2.00. The van der Waals surface area contributed by atoms with Gasteiger partial charge in [0.2, 0.25) is 0 Å². The maximum Gasteiger partial charge on any atom is 0.0676 e. The Morgan fingerprint density at radius 3 is 2.50 bits per heavy atom. The maximum atomic E-state index is 10.6. The Balaban J connectivity index is 1.80. The highest BCUT2D eigenvalue weighted by atomic mass is 16.3. The molecule has 0 aliphatic heterocycles. The van der Waals surface area contributed by atoms with Gasteiger partial charge in [0.1, 0.15) is 0 Å². The van der Waals surface area contributed by atoms with Crippen LogP contribution in [0.1, 0.15) is 38.5 Å². The molecule has 0 spiro atoms. The molecule has 86 valence electrons. The molecule has 2 atom stereocenters. The summed E-state index contributed by atoms with van der Waals surface area (Å²) in [5.41, 5.74) is -0.238. The Morgan fingerprint density at radius 2 is 1.94 bits per heavy atom. The predicted molar refractivity (Wildman–Crippen MR) is 59.8 cm³/mol. The summed E-state index contributed by atoms with van der Waals surface area (Å²) in [5.74, 6) is 1.46. The average Bonchev–Trinajstić information content (AvgIpc) is 2.65. The van der Waals surface area contributed by atoms with Crippen LogP contribution >= 0.6 is 0 Å². The Kier molecular flexibility index (Phi) is 1.56. The molecule has 3 nitrogen and oxygen atoms in total. The maximum absolute atomic E-state index is 10.6. The first-order chi connectivity index (χ1) is 7.68. The first-order valence-corrected chi connectivity index (χ1v) is 6.40. The molecule has 4 aliphatic rings. The molecule has 16 heavy (non-hydrogen) atoms. The van der Waals surface area contributed by atoms with Crippen LogP contribution in [0, 0.1) is 11.8 Å². The summed E-state index contributed by atoms with van der Waals surface area (Å²) < 4.78 is 2.13. The van der Waals surface area contributed by atoms with Crippen molar-refractivity contribution in [2.75, 3.05) is 0 Å². The fourth-order valence-corrected chi connectivity index (χ4v) is 4.98. The fourth-order valence-electron chi connectivity index (χ4n) is 4.98. The van der Waals surface area contributed by atoms with Crippen molar-refractivity contribution < 1.29 is 5.11 Å². The summed E-state index contributed by atoms with van der Waals surface area (Å²) in [6.45, 7) is 0. The van der Waals surface area contributed by atoms with Crippen molar-refractivity contribution in [2.45, 2.75) is 49.7 Å². The lowest BCUT2D eigenvalue weighted by molar-refractivity contribution is -0.159. The molecule has 0 saturated heterocycles. The van der Waals surface area contributed by atoms with Crippen LogP contribution in [0.25, 0.3) is 0 Å². The SMILES string of the molecule is OC12CC3CC(C1)CC(n1cccn1)(C3)C2. The molecule has 4 bridgehead atoms. The van der Waals surface area contributed by atoms with E-state index in [2.05, 4.69) is 16.0 Å². The molecule has 1 heterocycles. The molecule has 1 aromatic rings. The minimum Gasteiger partial charge on any atom is -0.390 e. The van der Waals surface area contributed by atoms with Gasteiger partial charge in [0, 0.05) is 18.8 Å². The van der Waals surface area contributed by atoms with Gasteiger partial charge < -0.3 is 5.11 Å². The Hall–Kier alpha value is -0.830. The molecule has 5 rings (SSSR count). The smallest absolute Gasteiger partial charge is 0.0676 e. The third-order valence-electron chi connectivity index (χ3n) is 4.99. The second-order valence-corrected chi connectivity index (χ2v) is 6.36. The van der Waals surface area contributed by atoms with Gasteiger partial charge in [-0.15, -0.1) is 0 Å². The fraction of sp³-hybridized carbons (Fsp3) is 0.769.